The van der Waals surface area contributed by atoms with Crippen LogP contribution in [0.1, 0.15) is 45.1 Å². The zero-order valence-corrected chi connectivity index (χ0v) is 12.2. The van der Waals surface area contributed by atoms with E-state index in [-0.39, 0.29) is 12.5 Å². The van der Waals surface area contributed by atoms with Gasteiger partial charge in [-0.1, -0.05) is 50.1 Å². The van der Waals surface area contributed by atoms with E-state index in [2.05, 4.69) is 12.2 Å². The Morgan fingerprint density at radius 1 is 1.20 bits per heavy atom. The monoisotopic (exact) mass is 277 g/mol. The number of carbonyl (C=O) groups excluding carboxylic acids is 1. The Kier molecular flexibility index (Phi) is 6.22. The normalized spacial score (nSPS) is 13.5. The fourth-order valence-electron chi connectivity index (χ4n) is 2.01. The molecule has 0 saturated heterocycles. The van der Waals surface area contributed by atoms with Gasteiger partial charge in [0.2, 0.25) is 5.91 Å². The fraction of sp³-hybridized carbons (Fsp3) is 0.500. The highest BCUT2D eigenvalue weighted by molar-refractivity contribution is 5.83. The van der Waals surface area contributed by atoms with E-state index in [0.717, 1.165) is 19.3 Å². The summed E-state index contributed by atoms with van der Waals surface area (Å²) in [4.78, 5) is 23.3. The van der Waals surface area contributed by atoms with E-state index < -0.39 is 11.4 Å². The van der Waals surface area contributed by atoms with Crippen molar-refractivity contribution < 1.29 is 14.7 Å². The second kappa shape index (κ2) is 7.68. The van der Waals surface area contributed by atoms with Crippen LogP contribution in [0.25, 0.3) is 0 Å². The Bertz CT molecular complexity index is 444. The maximum Gasteiger partial charge on any atom is 0.315 e. The topological polar surface area (TPSA) is 66.4 Å². The molecule has 0 aliphatic carbocycles. The molecule has 0 fully saturated rings. The molecule has 1 rings (SSSR count). The highest BCUT2D eigenvalue weighted by Gasteiger charge is 2.35. The van der Waals surface area contributed by atoms with Crippen LogP contribution in [0.3, 0.4) is 0 Å². The Morgan fingerprint density at radius 3 is 2.40 bits per heavy atom. The minimum absolute atomic E-state index is 0.0816. The molecule has 0 heterocycles. The zero-order valence-electron chi connectivity index (χ0n) is 12.2. The van der Waals surface area contributed by atoms with Gasteiger partial charge in [0.05, 0.1) is 0 Å². The molecule has 0 aliphatic heterocycles. The molecule has 0 bridgehead atoms. The van der Waals surface area contributed by atoms with E-state index >= 15 is 0 Å². The number of amides is 1. The number of carbonyl (C=O) groups is 2. The van der Waals surface area contributed by atoms with E-state index in [1.807, 2.05) is 6.07 Å². The lowest BCUT2D eigenvalue weighted by atomic mass is 9.82. The van der Waals surface area contributed by atoms with Gasteiger partial charge in [0.1, 0.15) is 5.41 Å². The molecule has 4 nitrogen and oxygen atoms in total. The average molecular weight is 277 g/mol. The van der Waals surface area contributed by atoms with Crippen LogP contribution in [-0.2, 0) is 15.0 Å². The van der Waals surface area contributed by atoms with Gasteiger partial charge < -0.3 is 10.4 Å². The van der Waals surface area contributed by atoms with Gasteiger partial charge in [-0.05, 0) is 18.9 Å². The maximum atomic E-state index is 11.7. The van der Waals surface area contributed by atoms with Crippen LogP contribution in [-0.4, -0.2) is 23.5 Å². The van der Waals surface area contributed by atoms with Gasteiger partial charge in [0.15, 0.2) is 0 Å². The van der Waals surface area contributed by atoms with Gasteiger partial charge in [0.25, 0.3) is 0 Å². The minimum atomic E-state index is -1.10. The molecule has 0 radical (unpaired) electrons. The molecule has 0 aromatic heterocycles. The van der Waals surface area contributed by atoms with Crippen LogP contribution in [0.4, 0.5) is 0 Å². The molecular formula is C16H23NO3. The summed E-state index contributed by atoms with van der Waals surface area (Å²) in [6, 6.07) is 9.00. The van der Waals surface area contributed by atoms with Crippen molar-refractivity contribution in [3.63, 3.8) is 0 Å². The standard InChI is InChI=1S/C16H23NO3/c1-3-4-6-11-14(18)17-12-16(2,15(19)20)13-9-7-5-8-10-13/h5,7-10H,3-4,6,11-12H2,1-2H3,(H,17,18)(H,19,20). The molecule has 0 spiro atoms. The molecule has 20 heavy (non-hydrogen) atoms. The Labute approximate surface area is 120 Å². The third-order valence-electron chi connectivity index (χ3n) is 3.53. The summed E-state index contributed by atoms with van der Waals surface area (Å²) in [7, 11) is 0. The number of aliphatic carboxylic acids is 1. The number of unbranched alkanes of at least 4 members (excludes halogenated alkanes) is 2. The van der Waals surface area contributed by atoms with Crippen molar-refractivity contribution in [2.75, 3.05) is 6.54 Å². The number of carboxylic acids is 1. The van der Waals surface area contributed by atoms with Crippen molar-refractivity contribution in [3.05, 3.63) is 35.9 Å². The summed E-state index contributed by atoms with van der Waals surface area (Å²) in [6.07, 6.45) is 3.38. The van der Waals surface area contributed by atoms with Gasteiger partial charge in [-0.3, -0.25) is 9.59 Å². The van der Waals surface area contributed by atoms with Crippen LogP contribution in [0.5, 0.6) is 0 Å². The second-order valence-electron chi connectivity index (χ2n) is 5.24. The Morgan fingerprint density at radius 2 is 1.85 bits per heavy atom. The summed E-state index contributed by atoms with van der Waals surface area (Å²) in [5.74, 6) is -1.01. The van der Waals surface area contributed by atoms with Gasteiger partial charge in [0, 0.05) is 13.0 Å². The van der Waals surface area contributed by atoms with Crippen molar-refractivity contribution >= 4 is 11.9 Å². The molecule has 110 valence electrons. The molecule has 2 N–H and O–H groups in total. The number of carboxylic acid groups (broad SMARTS) is 1. The largest absolute Gasteiger partial charge is 0.481 e. The smallest absolute Gasteiger partial charge is 0.315 e. The molecule has 1 aromatic rings. The third-order valence-corrected chi connectivity index (χ3v) is 3.53. The van der Waals surface area contributed by atoms with E-state index in [1.54, 1.807) is 31.2 Å². The summed E-state index contributed by atoms with van der Waals surface area (Å²) in [5, 5.41) is 12.2. The second-order valence-corrected chi connectivity index (χ2v) is 5.24. The van der Waals surface area contributed by atoms with Gasteiger partial charge in [-0.25, -0.2) is 0 Å². The molecule has 1 unspecified atom stereocenters. The van der Waals surface area contributed by atoms with Gasteiger partial charge in [-0.15, -0.1) is 0 Å². The van der Waals surface area contributed by atoms with Crippen molar-refractivity contribution in [2.24, 2.45) is 0 Å². The van der Waals surface area contributed by atoms with Crippen molar-refractivity contribution in [1.82, 2.24) is 5.32 Å². The zero-order chi connectivity index (χ0) is 15.0. The molecule has 4 heteroatoms. The lowest BCUT2D eigenvalue weighted by Crippen LogP contribution is -2.44. The summed E-state index contributed by atoms with van der Waals surface area (Å²) in [6.45, 7) is 3.82. The first-order chi connectivity index (χ1) is 9.50. The van der Waals surface area contributed by atoms with Crippen LogP contribution in [0.2, 0.25) is 0 Å². The molecule has 1 aromatic carbocycles. The first-order valence-corrected chi connectivity index (χ1v) is 7.06. The number of hydrogen-bond acceptors (Lipinski definition) is 2. The molecule has 0 saturated carbocycles. The van der Waals surface area contributed by atoms with Crippen molar-refractivity contribution in [2.45, 2.75) is 44.9 Å². The first-order valence-electron chi connectivity index (χ1n) is 7.06. The van der Waals surface area contributed by atoms with Crippen LogP contribution in [0.15, 0.2) is 30.3 Å². The van der Waals surface area contributed by atoms with E-state index in [4.69, 9.17) is 0 Å². The van der Waals surface area contributed by atoms with Crippen LogP contribution >= 0.6 is 0 Å². The maximum absolute atomic E-state index is 11.7. The highest BCUT2D eigenvalue weighted by Crippen LogP contribution is 2.23. The lowest BCUT2D eigenvalue weighted by Gasteiger charge is -2.25. The van der Waals surface area contributed by atoms with Crippen molar-refractivity contribution in [1.29, 1.82) is 0 Å². The summed E-state index contributed by atoms with van der Waals surface area (Å²) >= 11 is 0. The molecule has 1 amide bonds. The van der Waals surface area contributed by atoms with E-state index in [1.165, 1.54) is 0 Å². The lowest BCUT2D eigenvalue weighted by molar-refractivity contribution is -0.143. The van der Waals surface area contributed by atoms with Crippen LogP contribution < -0.4 is 5.32 Å². The Balaban J connectivity index is 2.65. The first kappa shape index (κ1) is 16.2. The summed E-state index contributed by atoms with van der Waals surface area (Å²) < 4.78 is 0. The number of nitrogens with one attached hydrogen (secondary N) is 1. The average Bonchev–Trinajstić information content (AvgIpc) is 2.45. The number of benzene rings is 1. The van der Waals surface area contributed by atoms with Gasteiger partial charge >= 0.3 is 5.97 Å². The Hall–Kier alpha value is -1.84. The number of rotatable bonds is 8. The predicted octanol–water partition coefficient (Wildman–Crippen LogP) is 2.73. The van der Waals surface area contributed by atoms with E-state index in [0.29, 0.717) is 12.0 Å². The highest BCUT2D eigenvalue weighted by atomic mass is 16.4. The molecule has 1 atom stereocenters. The molecular weight excluding hydrogens is 254 g/mol. The van der Waals surface area contributed by atoms with Crippen molar-refractivity contribution in [3.8, 4) is 0 Å². The fourth-order valence-corrected chi connectivity index (χ4v) is 2.01. The minimum Gasteiger partial charge on any atom is -0.481 e. The third kappa shape index (κ3) is 4.37. The van der Waals surface area contributed by atoms with Gasteiger partial charge in [-0.2, -0.15) is 0 Å². The number of hydrogen-bond donors (Lipinski definition) is 2. The van der Waals surface area contributed by atoms with Crippen LogP contribution in [0, 0.1) is 0 Å². The van der Waals surface area contributed by atoms with E-state index in [9.17, 15) is 14.7 Å². The quantitative estimate of drug-likeness (QED) is 0.718. The summed E-state index contributed by atoms with van der Waals surface area (Å²) in [5.41, 5.74) is -0.400. The predicted molar refractivity (Wildman–Crippen MR) is 78.6 cm³/mol. The SMILES string of the molecule is CCCCCC(=O)NCC(C)(C(=O)O)c1ccccc1. The molecule has 0 aliphatic rings.